The van der Waals surface area contributed by atoms with Gasteiger partial charge in [0.2, 0.25) is 5.91 Å². The van der Waals surface area contributed by atoms with E-state index in [1.54, 1.807) is 0 Å². The highest BCUT2D eigenvalue weighted by Crippen LogP contribution is 2.38. The molecule has 0 aromatic heterocycles. The summed E-state index contributed by atoms with van der Waals surface area (Å²) in [7, 11) is 2.08. The van der Waals surface area contributed by atoms with Crippen LogP contribution in [0.4, 0.5) is 0 Å². The molecule has 102 valence electrons. The van der Waals surface area contributed by atoms with E-state index < -0.39 is 0 Å². The molecule has 1 aliphatic carbocycles. The lowest BCUT2D eigenvalue weighted by molar-refractivity contribution is -0.136. The fourth-order valence-electron chi connectivity index (χ4n) is 3.28. The van der Waals surface area contributed by atoms with E-state index in [9.17, 15) is 4.79 Å². The van der Waals surface area contributed by atoms with E-state index in [1.807, 2.05) is 0 Å². The van der Waals surface area contributed by atoms with Crippen molar-refractivity contribution in [2.45, 2.75) is 31.8 Å². The number of rotatable bonds is 4. The van der Waals surface area contributed by atoms with Gasteiger partial charge < -0.3 is 4.90 Å². The maximum absolute atomic E-state index is 12.1. The van der Waals surface area contributed by atoms with E-state index in [1.165, 1.54) is 12.0 Å². The van der Waals surface area contributed by atoms with Gasteiger partial charge in [-0.15, -0.1) is 0 Å². The number of halogens is 1. The van der Waals surface area contributed by atoms with Crippen molar-refractivity contribution in [2.75, 3.05) is 13.7 Å². The van der Waals surface area contributed by atoms with Crippen LogP contribution in [0.5, 0.6) is 0 Å². The third-order valence-electron chi connectivity index (χ3n) is 4.24. The first-order valence-electron chi connectivity index (χ1n) is 6.87. The Labute approximate surface area is 122 Å². The lowest BCUT2D eigenvalue weighted by atomic mass is 10.1. The number of likely N-dealkylation sites (tertiary alicyclic amines) is 1. The molecule has 0 radical (unpaired) electrons. The molecular weight excluding hydrogens is 304 g/mol. The lowest BCUT2D eigenvalue weighted by Crippen LogP contribution is -2.43. The summed E-state index contributed by atoms with van der Waals surface area (Å²) in [6.45, 7) is 1.64. The molecule has 1 saturated heterocycles. The van der Waals surface area contributed by atoms with E-state index in [-0.39, 0.29) is 0 Å². The number of amides is 1. The molecule has 1 amide bonds. The Hall–Kier alpha value is -0.870. The zero-order valence-corrected chi connectivity index (χ0v) is 12.8. The molecule has 2 aliphatic rings. The number of fused-ring (bicyclic) bond motifs is 2. The Morgan fingerprint density at radius 2 is 2.05 bits per heavy atom. The summed E-state index contributed by atoms with van der Waals surface area (Å²) >= 11 is 3.45. The van der Waals surface area contributed by atoms with Crippen LogP contribution in [0.2, 0.25) is 0 Å². The minimum absolute atomic E-state index is 0.325. The van der Waals surface area contributed by atoms with Crippen molar-refractivity contribution in [3.05, 3.63) is 34.3 Å². The second-order valence-electron chi connectivity index (χ2n) is 5.75. The zero-order chi connectivity index (χ0) is 13.4. The summed E-state index contributed by atoms with van der Waals surface area (Å²) in [5.74, 6) is 0.699. The molecule has 19 heavy (non-hydrogen) atoms. The van der Waals surface area contributed by atoms with Gasteiger partial charge in [-0.3, -0.25) is 9.69 Å². The molecule has 2 bridgehead atoms. The highest BCUT2D eigenvalue weighted by molar-refractivity contribution is 9.10. The van der Waals surface area contributed by atoms with Gasteiger partial charge in [0.15, 0.2) is 0 Å². The number of carbonyl (C=O) groups excluding carboxylic acids is 1. The number of piperidine rings is 1. The quantitative estimate of drug-likeness (QED) is 0.851. The first kappa shape index (κ1) is 13.1. The summed E-state index contributed by atoms with van der Waals surface area (Å²) in [6, 6.07) is 8.87. The van der Waals surface area contributed by atoms with Gasteiger partial charge in [-0.05, 0) is 44.0 Å². The maximum Gasteiger partial charge on any atom is 0.227 e. The van der Waals surface area contributed by atoms with Crippen LogP contribution < -0.4 is 0 Å². The minimum atomic E-state index is 0.325. The number of benzene rings is 1. The van der Waals surface area contributed by atoms with E-state index in [0.29, 0.717) is 17.9 Å². The molecule has 0 unspecified atom stereocenters. The molecule has 1 aromatic carbocycles. The maximum atomic E-state index is 12.1. The highest BCUT2D eigenvalue weighted by atomic mass is 79.9. The van der Waals surface area contributed by atoms with Crippen LogP contribution in [0.15, 0.2) is 28.7 Å². The van der Waals surface area contributed by atoms with E-state index in [0.717, 1.165) is 30.5 Å². The van der Waals surface area contributed by atoms with Crippen molar-refractivity contribution < 1.29 is 4.79 Å². The third-order valence-corrected chi connectivity index (χ3v) is 4.77. The SMILES string of the molecule is CN(Cc1ccc(Br)cc1)CN1C(=O)[C@H]2CC[C@H]1C2. The largest absolute Gasteiger partial charge is 0.326 e. The normalized spacial score (nSPS) is 25.6. The molecule has 2 atom stereocenters. The molecule has 1 heterocycles. The average Bonchev–Trinajstić information content (AvgIpc) is 2.96. The Morgan fingerprint density at radius 1 is 1.32 bits per heavy atom. The van der Waals surface area contributed by atoms with Gasteiger partial charge in [-0.25, -0.2) is 0 Å². The van der Waals surface area contributed by atoms with Gasteiger partial charge in [0.25, 0.3) is 0 Å². The molecule has 1 saturated carbocycles. The summed E-state index contributed by atoms with van der Waals surface area (Å²) in [5.41, 5.74) is 1.28. The van der Waals surface area contributed by atoms with Crippen molar-refractivity contribution in [3.8, 4) is 0 Å². The topological polar surface area (TPSA) is 23.6 Å². The smallest absolute Gasteiger partial charge is 0.227 e. The molecule has 0 N–H and O–H groups in total. The Morgan fingerprint density at radius 3 is 2.68 bits per heavy atom. The van der Waals surface area contributed by atoms with Crippen molar-refractivity contribution in [3.63, 3.8) is 0 Å². The number of hydrogen-bond acceptors (Lipinski definition) is 2. The third kappa shape index (κ3) is 2.70. The fourth-order valence-corrected chi connectivity index (χ4v) is 3.54. The minimum Gasteiger partial charge on any atom is -0.326 e. The first-order chi connectivity index (χ1) is 9.13. The summed E-state index contributed by atoms with van der Waals surface area (Å²) in [5, 5.41) is 0. The molecule has 1 aliphatic heterocycles. The molecule has 2 fully saturated rings. The summed E-state index contributed by atoms with van der Waals surface area (Å²) in [6.07, 6.45) is 3.39. The Balaban J connectivity index is 1.58. The Bertz CT molecular complexity index is 474. The van der Waals surface area contributed by atoms with Gasteiger partial charge in [-0.1, -0.05) is 28.1 Å². The Kier molecular flexibility index (Phi) is 3.63. The zero-order valence-electron chi connectivity index (χ0n) is 11.2. The van der Waals surface area contributed by atoms with Gasteiger partial charge in [0, 0.05) is 23.0 Å². The molecule has 1 aromatic rings. The van der Waals surface area contributed by atoms with Crippen LogP contribution in [-0.2, 0) is 11.3 Å². The average molecular weight is 323 g/mol. The van der Waals surface area contributed by atoms with Crippen LogP contribution in [-0.4, -0.2) is 35.5 Å². The monoisotopic (exact) mass is 322 g/mol. The fraction of sp³-hybridized carbons (Fsp3) is 0.533. The van der Waals surface area contributed by atoms with Crippen LogP contribution in [0.1, 0.15) is 24.8 Å². The second kappa shape index (κ2) is 5.25. The van der Waals surface area contributed by atoms with Crippen molar-refractivity contribution in [1.29, 1.82) is 0 Å². The van der Waals surface area contributed by atoms with E-state index >= 15 is 0 Å². The van der Waals surface area contributed by atoms with Crippen molar-refractivity contribution in [1.82, 2.24) is 9.80 Å². The number of nitrogens with zero attached hydrogens (tertiary/aromatic N) is 2. The standard InChI is InChI=1S/C15H19BrN2O/c1-17(9-11-2-5-13(16)6-3-11)10-18-14-7-4-12(8-14)15(18)19/h2-3,5-6,12,14H,4,7-10H2,1H3/t12-,14-/m0/s1. The van der Waals surface area contributed by atoms with Crippen LogP contribution in [0.3, 0.4) is 0 Å². The lowest BCUT2D eigenvalue weighted by Gasteiger charge is -2.31. The van der Waals surface area contributed by atoms with Crippen LogP contribution in [0.25, 0.3) is 0 Å². The molecule has 0 spiro atoms. The van der Waals surface area contributed by atoms with Crippen molar-refractivity contribution >= 4 is 21.8 Å². The summed E-state index contributed by atoms with van der Waals surface area (Å²) < 4.78 is 1.10. The van der Waals surface area contributed by atoms with Gasteiger partial charge in [0.05, 0.1) is 6.67 Å². The predicted octanol–water partition coefficient (Wildman–Crippen LogP) is 2.85. The van der Waals surface area contributed by atoms with Crippen molar-refractivity contribution in [2.24, 2.45) is 5.92 Å². The van der Waals surface area contributed by atoms with Gasteiger partial charge >= 0.3 is 0 Å². The van der Waals surface area contributed by atoms with Crippen LogP contribution in [0, 0.1) is 5.92 Å². The summed E-state index contributed by atoms with van der Waals surface area (Å²) in [4.78, 5) is 16.4. The molecule has 4 heteroatoms. The molecule has 3 nitrogen and oxygen atoms in total. The number of carbonyl (C=O) groups is 1. The highest BCUT2D eigenvalue weighted by Gasteiger charge is 2.44. The molecular formula is C15H19BrN2O. The van der Waals surface area contributed by atoms with E-state index in [4.69, 9.17) is 0 Å². The van der Waals surface area contributed by atoms with E-state index in [2.05, 4.69) is 57.0 Å². The first-order valence-corrected chi connectivity index (χ1v) is 7.66. The number of hydrogen-bond donors (Lipinski definition) is 0. The van der Waals surface area contributed by atoms with Gasteiger partial charge in [-0.2, -0.15) is 0 Å². The van der Waals surface area contributed by atoms with Crippen LogP contribution >= 0.6 is 15.9 Å². The van der Waals surface area contributed by atoms with Gasteiger partial charge in [0.1, 0.15) is 0 Å². The predicted molar refractivity (Wildman–Crippen MR) is 78.5 cm³/mol. The second-order valence-corrected chi connectivity index (χ2v) is 6.67. The molecule has 3 rings (SSSR count).